The number of halogens is 1. The number of nitrogens with one attached hydrogen (secondary N) is 2. The lowest BCUT2D eigenvalue weighted by Gasteiger charge is -2.10. The van der Waals surface area contributed by atoms with Gasteiger partial charge in [-0.2, -0.15) is 10.1 Å². The fraction of sp³-hybridized carbons (Fsp3) is 0.308. The molecule has 0 aliphatic rings. The fourth-order valence-electron chi connectivity index (χ4n) is 1.51. The molecule has 0 spiro atoms. The maximum atomic E-state index is 4.36. The molecule has 0 bridgehead atoms. The molecule has 0 atom stereocenters. The van der Waals surface area contributed by atoms with Gasteiger partial charge >= 0.3 is 0 Å². The van der Waals surface area contributed by atoms with Gasteiger partial charge in [0.25, 0.3) is 0 Å². The first-order valence-corrected chi connectivity index (χ1v) is 7.04. The van der Waals surface area contributed by atoms with Crippen molar-refractivity contribution in [1.82, 2.24) is 20.1 Å². The Morgan fingerprint density at radius 2 is 1.95 bits per heavy atom. The van der Waals surface area contributed by atoms with E-state index >= 15 is 0 Å². The van der Waals surface area contributed by atoms with Crippen LogP contribution < -0.4 is 10.6 Å². The Labute approximate surface area is 126 Å². The average Bonchev–Trinajstić information content (AvgIpc) is 2.41. The van der Waals surface area contributed by atoms with Crippen LogP contribution in [0.2, 0.25) is 0 Å². The lowest BCUT2D eigenvalue weighted by Crippen LogP contribution is -2.21. The van der Waals surface area contributed by atoms with Gasteiger partial charge in [0, 0.05) is 23.2 Å². The van der Waals surface area contributed by atoms with Gasteiger partial charge in [-0.3, -0.25) is 0 Å². The van der Waals surface area contributed by atoms with E-state index < -0.39 is 0 Å². The van der Waals surface area contributed by atoms with E-state index in [1.807, 2.05) is 38.4 Å². The van der Waals surface area contributed by atoms with Crippen molar-refractivity contribution in [3.63, 3.8) is 0 Å². The van der Waals surface area contributed by atoms with Gasteiger partial charge in [0.1, 0.15) is 0 Å². The van der Waals surface area contributed by atoms with Crippen molar-refractivity contribution in [2.45, 2.75) is 0 Å². The zero-order valence-electron chi connectivity index (χ0n) is 11.5. The maximum absolute atomic E-state index is 4.36. The highest BCUT2D eigenvalue weighted by Crippen LogP contribution is 2.17. The molecule has 0 unspecified atom stereocenters. The van der Waals surface area contributed by atoms with Crippen molar-refractivity contribution in [3.8, 4) is 0 Å². The Morgan fingerprint density at radius 3 is 2.65 bits per heavy atom. The molecule has 106 valence electrons. The number of nitrogens with zero attached hydrogens (tertiary/aromatic N) is 4. The fourth-order valence-corrected chi connectivity index (χ4v) is 1.78. The normalized spacial score (nSPS) is 10.6. The molecule has 0 saturated heterocycles. The topological polar surface area (TPSA) is 66.0 Å². The third-order valence-corrected chi connectivity index (χ3v) is 3.05. The van der Waals surface area contributed by atoms with Crippen LogP contribution in [0.5, 0.6) is 0 Å². The first-order valence-electron chi connectivity index (χ1n) is 6.24. The highest BCUT2D eigenvalue weighted by atomic mass is 79.9. The molecule has 20 heavy (non-hydrogen) atoms. The van der Waals surface area contributed by atoms with Crippen molar-refractivity contribution in [3.05, 3.63) is 34.9 Å². The molecule has 0 aliphatic carbocycles. The third kappa shape index (κ3) is 4.75. The number of hydrogen-bond acceptors (Lipinski definition) is 6. The van der Waals surface area contributed by atoms with Gasteiger partial charge in [-0.1, -0.05) is 15.9 Å². The van der Waals surface area contributed by atoms with Crippen LogP contribution >= 0.6 is 15.9 Å². The Hall–Kier alpha value is -1.73. The van der Waals surface area contributed by atoms with Crippen molar-refractivity contribution in [2.75, 3.05) is 37.8 Å². The summed E-state index contributed by atoms with van der Waals surface area (Å²) in [6, 6.07) is 7.86. The summed E-state index contributed by atoms with van der Waals surface area (Å²) in [7, 11) is 4.04. The second kappa shape index (κ2) is 7.16. The molecule has 1 heterocycles. The van der Waals surface area contributed by atoms with Gasteiger partial charge in [-0.05, 0) is 38.4 Å². The number of likely N-dealkylation sites (N-methyl/N-ethyl adjacent to an activating group) is 1. The van der Waals surface area contributed by atoms with Crippen molar-refractivity contribution in [1.29, 1.82) is 0 Å². The zero-order valence-corrected chi connectivity index (χ0v) is 13.1. The monoisotopic (exact) mass is 336 g/mol. The SMILES string of the molecule is CN(C)CCNc1nncc(Nc2ccc(Br)cc2)n1. The van der Waals surface area contributed by atoms with E-state index in [0.717, 1.165) is 23.2 Å². The van der Waals surface area contributed by atoms with E-state index in [9.17, 15) is 0 Å². The van der Waals surface area contributed by atoms with Crippen LogP contribution in [0.15, 0.2) is 34.9 Å². The van der Waals surface area contributed by atoms with Crippen LogP contribution in [-0.4, -0.2) is 47.3 Å². The molecule has 6 nitrogen and oxygen atoms in total. The molecule has 1 aromatic carbocycles. The first-order chi connectivity index (χ1) is 9.63. The van der Waals surface area contributed by atoms with Gasteiger partial charge in [0.05, 0.1) is 6.20 Å². The molecular weight excluding hydrogens is 320 g/mol. The zero-order chi connectivity index (χ0) is 14.4. The summed E-state index contributed by atoms with van der Waals surface area (Å²) in [4.78, 5) is 6.45. The summed E-state index contributed by atoms with van der Waals surface area (Å²) >= 11 is 3.40. The third-order valence-electron chi connectivity index (χ3n) is 2.52. The van der Waals surface area contributed by atoms with Gasteiger partial charge in [-0.25, -0.2) is 0 Å². The number of rotatable bonds is 6. The lowest BCUT2D eigenvalue weighted by molar-refractivity contribution is 0.425. The van der Waals surface area contributed by atoms with E-state index in [1.165, 1.54) is 0 Å². The van der Waals surface area contributed by atoms with E-state index in [2.05, 4.69) is 46.6 Å². The highest BCUT2D eigenvalue weighted by Gasteiger charge is 2.01. The Balaban J connectivity index is 1.96. The minimum Gasteiger partial charge on any atom is -0.352 e. The molecular formula is C13H17BrN6. The summed E-state index contributed by atoms with van der Waals surface area (Å²) in [6.45, 7) is 1.68. The van der Waals surface area contributed by atoms with Crippen molar-refractivity contribution in [2.24, 2.45) is 0 Å². The first kappa shape index (κ1) is 14.7. The molecule has 2 N–H and O–H groups in total. The van der Waals surface area contributed by atoms with E-state index in [4.69, 9.17) is 0 Å². The summed E-state index contributed by atoms with van der Waals surface area (Å²) in [5.41, 5.74) is 0.952. The molecule has 2 aromatic rings. The number of anilines is 3. The van der Waals surface area contributed by atoms with Gasteiger partial charge in [0.15, 0.2) is 5.82 Å². The van der Waals surface area contributed by atoms with Crippen LogP contribution in [0.1, 0.15) is 0 Å². The summed E-state index contributed by atoms with van der Waals surface area (Å²) in [5.74, 6) is 1.18. The largest absolute Gasteiger partial charge is 0.352 e. The molecule has 2 rings (SSSR count). The Bertz CT molecular complexity index is 543. The predicted molar refractivity (Wildman–Crippen MR) is 84.3 cm³/mol. The summed E-state index contributed by atoms with van der Waals surface area (Å²) in [5, 5.41) is 14.2. The molecule has 0 aliphatic heterocycles. The number of aromatic nitrogens is 3. The van der Waals surface area contributed by atoms with Crippen LogP contribution in [-0.2, 0) is 0 Å². The minimum absolute atomic E-state index is 0.522. The minimum atomic E-state index is 0.522. The van der Waals surface area contributed by atoms with Crippen LogP contribution in [0.4, 0.5) is 17.5 Å². The summed E-state index contributed by atoms with van der Waals surface area (Å²) < 4.78 is 1.04. The molecule has 1 aromatic heterocycles. The number of benzene rings is 1. The second-order valence-corrected chi connectivity index (χ2v) is 5.44. The van der Waals surface area contributed by atoms with Gasteiger partial charge < -0.3 is 15.5 Å². The van der Waals surface area contributed by atoms with Crippen LogP contribution in [0.3, 0.4) is 0 Å². The lowest BCUT2D eigenvalue weighted by atomic mass is 10.3. The standard InChI is InChI=1S/C13H17BrN6/c1-20(2)8-7-15-13-18-12(9-16-19-13)17-11-5-3-10(14)4-6-11/h3-6,9H,7-8H2,1-2H3,(H2,15,17,18,19). The molecule has 0 saturated carbocycles. The van der Waals surface area contributed by atoms with Gasteiger partial charge in [0.2, 0.25) is 5.95 Å². The van der Waals surface area contributed by atoms with Crippen LogP contribution in [0.25, 0.3) is 0 Å². The molecule has 7 heteroatoms. The second-order valence-electron chi connectivity index (χ2n) is 4.53. The molecule has 0 fully saturated rings. The highest BCUT2D eigenvalue weighted by molar-refractivity contribution is 9.10. The van der Waals surface area contributed by atoms with Gasteiger partial charge in [-0.15, -0.1) is 5.10 Å². The quantitative estimate of drug-likeness (QED) is 0.844. The van der Waals surface area contributed by atoms with E-state index in [1.54, 1.807) is 6.20 Å². The Morgan fingerprint density at radius 1 is 1.20 bits per heavy atom. The van der Waals surface area contributed by atoms with Crippen molar-refractivity contribution >= 4 is 33.4 Å². The molecule has 0 radical (unpaired) electrons. The maximum Gasteiger partial charge on any atom is 0.244 e. The number of hydrogen-bond donors (Lipinski definition) is 2. The molecule has 0 amide bonds. The van der Waals surface area contributed by atoms with Crippen LogP contribution in [0, 0.1) is 0 Å². The predicted octanol–water partition coefficient (Wildman–Crippen LogP) is 2.35. The van der Waals surface area contributed by atoms with Crippen molar-refractivity contribution < 1.29 is 0 Å². The van der Waals surface area contributed by atoms with E-state index in [-0.39, 0.29) is 0 Å². The Kier molecular flexibility index (Phi) is 5.25. The smallest absolute Gasteiger partial charge is 0.244 e. The summed E-state index contributed by atoms with van der Waals surface area (Å²) in [6.07, 6.45) is 1.60. The average molecular weight is 337 g/mol. The van der Waals surface area contributed by atoms with E-state index in [0.29, 0.717) is 11.8 Å².